The minimum absolute atomic E-state index is 0.154. The maximum Gasteiger partial charge on any atom is 0.197 e. The molecule has 0 aliphatic heterocycles. The second kappa shape index (κ2) is 10.5. The normalized spacial score (nSPS) is 12.3. The molecule has 0 radical (unpaired) electrons. The van der Waals surface area contributed by atoms with Crippen molar-refractivity contribution in [2.75, 3.05) is 0 Å². The van der Waals surface area contributed by atoms with Crippen molar-refractivity contribution in [2.45, 2.75) is 0 Å². The Hall–Kier alpha value is -6.54. The molecule has 0 N–H and O–H groups in total. The summed E-state index contributed by atoms with van der Waals surface area (Å²) in [6.07, 6.45) is 0. The van der Waals surface area contributed by atoms with Crippen LogP contribution in [0.5, 0.6) is 0 Å². The monoisotopic (exact) mass is 726 g/mol. The van der Waals surface area contributed by atoms with Crippen molar-refractivity contribution >= 4 is 99.4 Å². The minimum Gasteiger partial charge on any atom is -0.456 e. The van der Waals surface area contributed by atoms with Gasteiger partial charge in [0.05, 0.1) is 33.1 Å². The second-order valence-electron chi connectivity index (χ2n) is 13.3. The van der Waals surface area contributed by atoms with E-state index in [1.54, 1.807) is 72.8 Å². The van der Waals surface area contributed by atoms with Crippen LogP contribution in [0.25, 0.3) is 98.8 Å². The fourth-order valence-electron chi connectivity index (χ4n) is 8.17. The Bertz CT molecular complexity index is 3460. The molecule has 0 amide bonds. The molecule has 9 heteroatoms. The molecule has 11 rings (SSSR count). The van der Waals surface area contributed by atoms with E-state index in [2.05, 4.69) is 0 Å². The van der Waals surface area contributed by atoms with Crippen molar-refractivity contribution in [2.24, 2.45) is 0 Å². The van der Waals surface area contributed by atoms with Gasteiger partial charge in [0.1, 0.15) is 11.5 Å². The third kappa shape index (κ3) is 4.00. The van der Waals surface area contributed by atoms with Crippen LogP contribution >= 0.6 is 23.2 Å². The number of aromatic nitrogens is 2. The van der Waals surface area contributed by atoms with Crippen LogP contribution in [0.3, 0.4) is 0 Å². The zero-order valence-corrected chi connectivity index (χ0v) is 28.8. The summed E-state index contributed by atoms with van der Waals surface area (Å²) in [6.45, 7) is 0. The number of halogens is 2. The van der Waals surface area contributed by atoms with Gasteiger partial charge in [-0.1, -0.05) is 35.3 Å². The standard InChI is InChI=1S/C44H20Cl2N2O5/c45-23-9-11-25-35(19-23)47-33-13-7-21(17-31(33)43(51)29-5-1-3-27(39(29)47)41(25)49)37-15-16-38(53-37)22-8-14-34-32(18-22)44(52)30-6-2-4-28-40(30)48(34)36-20-24(46)10-12-26(36)42(28)50/h1-20H. The number of hydrogen-bond donors (Lipinski definition) is 0. The molecule has 0 bridgehead atoms. The number of rotatable bonds is 2. The first-order valence-corrected chi connectivity index (χ1v) is 17.6. The van der Waals surface area contributed by atoms with Crippen molar-refractivity contribution in [3.05, 3.63) is 172 Å². The largest absolute Gasteiger partial charge is 0.456 e. The van der Waals surface area contributed by atoms with E-state index in [0.29, 0.717) is 109 Å². The lowest BCUT2D eigenvalue weighted by molar-refractivity contribution is 0.597. The molecule has 53 heavy (non-hydrogen) atoms. The molecule has 6 aromatic carbocycles. The highest BCUT2D eigenvalue weighted by atomic mass is 35.5. The van der Waals surface area contributed by atoms with Crippen LogP contribution in [0.2, 0.25) is 10.0 Å². The molecule has 0 saturated heterocycles. The zero-order chi connectivity index (χ0) is 35.9. The Labute approximate surface area is 306 Å². The van der Waals surface area contributed by atoms with Gasteiger partial charge in [-0.15, -0.1) is 0 Å². The van der Waals surface area contributed by atoms with Gasteiger partial charge in [0.15, 0.2) is 21.7 Å². The van der Waals surface area contributed by atoms with Gasteiger partial charge in [0.25, 0.3) is 0 Å². The molecule has 0 aliphatic carbocycles. The highest BCUT2D eigenvalue weighted by Crippen LogP contribution is 2.35. The fourth-order valence-corrected chi connectivity index (χ4v) is 8.50. The summed E-state index contributed by atoms with van der Waals surface area (Å²) in [7, 11) is 0. The number of fused-ring (bicyclic) bond motifs is 8. The zero-order valence-electron chi connectivity index (χ0n) is 27.2. The molecule has 11 aromatic rings. The Morgan fingerprint density at radius 2 is 0.774 bits per heavy atom. The Morgan fingerprint density at radius 1 is 0.377 bits per heavy atom. The van der Waals surface area contributed by atoms with Crippen molar-refractivity contribution in [1.29, 1.82) is 0 Å². The van der Waals surface area contributed by atoms with Crippen LogP contribution in [0.4, 0.5) is 0 Å². The molecule has 0 saturated carbocycles. The first kappa shape index (κ1) is 30.1. The predicted octanol–water partition coefficient (Wildman–Crippen LogP) is 9.66. The van der Waals surface area contributed by atoms with E-state index < -0.39 is 0 Å². The number of nitrogens with zero attached hydrogens (tertiary/aromatic N) is 2. The summed E-state index contributed by atoms with van der Waals surface area (Å²) in [5.41, 5.74) is 4.30. The molecule has 0 aliphatic rings. The topological polar surface area (TPSA) is 90.2 Å². The van der Waals surface area contributed by atoms with Crippen LogP contribution in [-0.4, -0.2) is 8.80 Å². The number of benzene rings is 6. The third-order valence-electron chi connectivity index (χ3n) is 10.5. The molecular weight excluding hydrogens is 707 g/mol. The van der Waals surface area contributed by atoms with Crippen molar-refractivity contribution in [3.63, 3.8) is 0 Å². The molecule has 5 aromatic heterocycles. The van der Waals surface area contributed by atoms with E-state index >= 15 is 0 Å². The van der Waals surface area contributed by atoms with Crippen LogP contribution in [0.15, 0.2) is 145 Å². The van der Waals surface area contributed by atoms with Gasteiger partial charge in [-0.25, -0.2) is 0 Å². The number of hydrogen-bond acceptors (Lipinski definition) is 5. The first-order valence-electron chi connectivity index (χ1n) is 16.8. The number of para-hydroxylation sites is 2. The summed E-state index contributed by atoms with van der Waals surface area (Å²) >= 11 is 12.8. The minimum atomic E-state index is -0.195. The summed E-state index contributed by atoms with van der Waals surface area (Å²) in [5.74, 6) is 1.06. The first-order chi connectivity index (χ1) is 25.8. The van der Waals surface area contributed by atoms with Gasteiger partial charge in [-0.2, -0.15) is 0 Å². The van der Waals surface area contributed by atoms with E-state index in [9.17, 15) is 19.2 Å². The smallest absolute Gasteiger partial charge is 0.197 e. The molecule has 0 fully saturated rings. The Balaban J connectivity index is 1.11. The van der Waals surface area contributed by atoms with E-state index in [1.165, 1.54) is 0 Å². The SMILES string of the molecule is O=c1c2cc(-c3ccc(-c4ccc5c(c4)c(=O)c4cccc6c(=O)c7ccc(Cl)cc7n5c46)o3)ccc2n2c3cc(Cl)ccc3c(=O)c3cccc1c32. The summed E-state index contributed by atoms with van der Waals surface area (Å²) in [6, 6.07) is 35.5. The lowest BCUT2D eigenvalue weighted by Crippen LogP contribution is -2.14. The van der Waals surface area contributed by atoms with Crippen molar-refractivity contribution in [1.82, 2.24) is 8.80 Å². The van der Waals surface area contributed by atoms with Gasteiger partial charge in [0, 0.05) is 64.3 Å². The summed E-state index contributed by atoms with van der Waals surface area (Å²) < 4.78 is 10.3. The van der Waals surface area contributed by atoms with Crippen LogP contribution < -0.4 is 21.7 Å². The van der Waals surface area contributed by atoms with Gasteiger partial charge < -0.3 is 13.2 Å². The molecule has 5 heterocycles. The molecule has 7 nitrogen and oxygen atoms in total. The number of furan rings is 1. The lowest BCUT2D eigenvalue weighted by atomic mass is 10.0. The second-order valence-corrected chi connectivity index (χ2v) is 14.2. The molecular formula is C44H20Cl2N2O5. The highest BCUT2D eigenvalue weighted by Gasteiger charge is 2.20. The predicted molar refractivity (Wildman–Crippen MR) is 214 cm³/mol. The van der Waals surface area contributed by atoms with Crippen molar-refractivity contribution < 1.29 is 4.42 Å². The van der Waals surface area contributed by atoms with Crippen LogP contribution in [0, 0.1) is 0 Å². The summed E-state index contributed by atoms with van der Waals surface area (Å²) in [5, 5.41) is 4.69. The lowest BCUT2D eigenvalue weighted by Gasteiger charge is -2.15. The van der Waals surface area contributed by atoms with E-state index in [4.69, 9.17) is 27.6 Å². The van der Waals surface area contributed by atoms with E-state index in [0.717, 1.165) is 0 Å². The van der Waals surface area contributed by atoms with E-state index in [-0.39, 0.29) is 21.7 Å². The molecule has 0 spiro atoms. The van der Waals surface area contributed by atoms with Gasteiger partial charge in [0.2, 0.25) is 0 Å². The average Bonchev–Trinajstić information content (AvgIpc) is 3.67. The van der Waals surface area contributed by atoms with Crippen LogP contribution in [0.1, 0.15) is 0 Å². The van der Waals surface area contributed by atoms with E-state index in [1.807, 2.05) is 57.3 Å². The van der Waals surface area contributed by atoms with Gasteiger partial charge in [-0.3, -0.25) is 19.2 Å². The highest BCUT2D eigenvalue weighted by molar-refractivity contribution is 6.31. The Morgan fingerprint density at radius 3 is 1.19 bits per heavy atom. The average molecular weight is 728 g/mol. The quantitative estimate of drug-likeness (QED) is 0.131. The number of pyridine rings is 4. The molecule has 0 atom stereocenters. The molecule has 250 valence electrons. The maximum absolute atomic E-state index is 14.0. The fraction of sp³-hybridized carbons (Fsp3) is 0. The van der Waals surface area contributed by atoms with Crippen LogP contribution in [-0.2, 0) is 0 Å². The maximum atomic E-state index is 14.0. The van der Waals surface area contributed by atoms with Gasteiger partial charge >= 0.3 is 0 Å². The third-order valence-corrected chi connectivity index (χ3v) is 11.0. The van der Waals surface area contributed by atoms with Crippen molar-refractivity contribution in [3.8, 4) is 22.6 Å². The molecule has 0 unspecified atom stereocenters. The van der Waals surface area contributed by atoms with Gasteiger partial charge in [-0.05, 0) is 109 Å². The Kier molecular flexibility index (Phi) is 5.97. The summed E-state index contributed by atoms with van der Waals surface area (Å²) in [4.78, 5) is 55.0.